The van der Waals surface area contributed by atoms with E-state index in [1.54, 1.807) is 0 Å². The van der Waals surface area contributed by atoms with Crippen LogP contribution in [0.5, 0.6) is 0 Å². The molecule has 3 heteroatoms. The normalized spacial score (nSPS) is 13.4. The number of aromatic nitrogens is 1. The van der Waals surface area contributed by atoms with E-state index < -0.39 is 0 Å². The van der Waals surface area contributed by atoms with Crippen molar-refractivity contribution in [3.63, 3.8) is 0 Å². The van der Waals surface area contributed by atoms with Gasteiger partial charge in [-0.3, -0.25) is 0 Å². The van der Waals surface area contributed by atoms with Gasteiger partial charge in [0, 0.05) is 29.2 Å². The van der Waals surface area contributed by atoms with E-state index in [0.29, 0.717) is 6.04 Å². The van der Waals surface area contributed by atoms with Gasteiger partial charge >= 0.3 is 0 Å². The standard InChI is InChI=1S/C14H20N2O/c1-10(2)16-12(9-17)7-11-8-15-14-6-4-3-5-13(11)14/h3-6,8,10,12,15-17H,7,9H2,1-2H3. The topological polar surface area (TPSA) is 48.0 Å². The first kappa shape index (κ1) is 12.1. The first-order chi connectivity index (χ1) is 8.20. The molecule has 1 aromatic heterocycles. The molecule has 1 unspecified atom stereocenters. The highest BCUT2D eigenvalue weighted by molar-refractivity contribution is 5.83. The van der Waals surface area contributed by atoms with Gasteiger partial charge in [-0.15, -0.1) is 0 Å². The number of aliphatic hydroxyl groups is 1. The van der Waals surface area contributed by atoms with Crippen molar-refractivity contribution in [2.24, 2.45) is 0 Å². The second-order valence-corrected chi connectivity index (χ2v) is 4.76. The Labute approximate surface area is 102 Å². The van der Waals surface area contributed by atoms with Crippen molar-refractivity contribution in [2.45, 2.75) is 32.4 Å². The fourth-order valence-electron chi connectivity index (χ4n) is 2.21. The summed E-state index contributed by atoms with van der Waals surface area (Å²) >= 11 is 0. The number of aromatic amines is 1. The second kappa shape index (κ2) is 5.34. The van der Waals surface area contributed by atoms with E-state index in [1.165, 1.54) is 10.9 Å². The molecule has 2 rings (SSSR count). The van der Waals surface area contributed by atoms with Crippen molar-refractivity contribution in [3.8, 4) is 0 Å². The Morgan fingerprint density at radius 2 is 2.06 bits per heavy atom. The molecule has 0 radical (unpaired) electrons. The average molecular weight is 232 g/mol. The Morgan fingerprint density at radius 1 is 1.29 bits per heavy atom. The number of H-pyrrole nitrogens is 1. The van der Waals surface area contributed by atoms with Crippen LogP contribution in [0.2, 0.25) is 0 Å². The predicted octanol–water partition coefficient (Wildman–Crippen LogP) is 2.07. The highest BCUT2D eigenvalue weighted by atomic mass is 16.3. The lowest BCUT2D eigenvalue weighted by molar-refractivity contribution is 0.235. The van der Waals surface area contributed by atoms with Gasteiger partial charge in [-0.05, 0) is 18.1 Å². The number of rotatable bonds is 5. The number of aliphatic hydroxyl groups excluding tert-OH is 1. The smallest absolute Gasteiger partial charge is 0.0587 e. The van der Waals surface area contributed by atoms with Crippen LogP contribution in [-0.2, 0) is 6.42 Å². The molecule has 1 heterocycles. The summed E-state index contributed by atoms with van der Waals surface area (Å²) in [6.45, 7) is 4.35. The lowest BCUT2D eigenvalue weighted by Gasteiger charge is -2.18. The van der Waals surface area contributed by atoms with Gasteiger partial charge in [0.2, 0.25) is 0 Å². The molecule has 0 saturated carbocycles. The van der Waals surface area contributed by atoms with E-state index in [9.17, 15) is 5.11 Å². The second-order valence-electron chi connectivity index (χ2n) is 4.76. The molecule has 0 saturated heterocycles. The van der Waals surface area contributed by atoms with Gasteiger partial charge in [0.25, 0.3) is 0 Å². The molecule has 0 amide bonds. The van der Waals surface area contributed by atoms with Gasteiger partial charge in [-0.25, -0.2) is 0 Å². The average Bonchev–Trinajstić information content (AvgIpc) is 2.71. The van der Waals surface area contributed by atoms with Crippen LogP contribution < -0.4 is 5.32 Å². The lowest BCUT2D eigenvalue weighted by Crippen LogP contribution is -2.39. The van der Waals surface area contributed by atoms with Crippen LogP contribution in [0.3, 0.4) is 0 Å². The van der Waals surface area contributed by atoms with Crippen molar-refractivity contribution in [1.82, 2.24) is 10.3 Å². The first-order valence-electron chi connectivity index (χ1n) is 6.12. The summed E-state index contributed by atoms with van der Waals surface area (Å²) in [5, 5.41) is 14.0. The van der Waals surface area contributed by atoms with Crippen LogP contribution in [-0.4, -0.2) is 28.8 Å². The summed E-state index contributed by atoms with van der Waals surface area (Å²) in [4.78, 5) is 3.26. The third kappa shape index (κ3) is 2.87. The SMILES string of the molecule is CC(C)NC(CO)Cc1c[nH]c2ccccc12. The molecule has 17 heavy (non-hydrogen) atoms. The van der Waals surface area contributed by atoms with Crippen molar-refractivity contribution in [2.75, 3.05) is 6.61 Å². The third-order valence-corrected chi connectivity index (χ3v) is 2.93. The Bertz CT molecular complexity index is 476. The van der Waals surface area contributed by atoms with Crippen molar-refractivity contribution >= 4 is 10.9 Å². The highest BCUT2D eigenvalue weighted by Gasteiger charge is 2.12. The van der Waals surface area contributed by atoms with E-state index in [2.05, 4.69) is 36.3 Å². The molecule has 3 nitrogen and oxygen atoms in total. The maximum atomic E-state index is 9.37. The molecule has 0 bridgehead atoms. The van der Waals surface area contributed by atoms with Crippen LogP contribution in [0.15, 0.2) is 30.5 Å². The van der Waals surface area contributed by atoms with Gasteiger partial charge < -0.3 is 15.4 Å². The third-order valence-electron chi connectivity index (χ3n) is 2.93. The Balaban J connectivity index is 2.16. The Morgan fingerprint density at radius 3 is 2.76 bits per heavy atom. The fourth-order valence-corrected chi connectivity index (χ4v) is 2.21. The summed E-state index contributed by atoms with van der Waals surface area (Å²) in [5.74, 6) is 0. The van der Waals surface area contributed by atoms with E-state index in [-0.39, 0.29) is 12.6 Å². The molecular formula is C14H20N2O. The van der Waals surface area contributed by atoms with Crippen LogP contribution in [0.4, 0.5) is 0 Å². The molecule has 1 atom stereocenters. The number of fused-ring (bicyclic) bond motifs is 1. The van der Waals surface area contributed by atoms with E-state index >= 15 is 0 Å². The minimum absolute atomic E-state index is 0.120. The molecule has 1 aromatic carbocycles. The largest absolute Gasteiger partial charge is 0.395 e. The molecular weight excluding hydrogens is 212 g/mol. The minimum atomic E-state index is 0.120. The number of hydrogen-bond acceptors (Lipinski definition) is 2. The van der Waals surface area contributed by atoms with E-state index in [1.807, 2.05) is 18.3 Å². The molecule has 0 aliphatic heterocycles. The summed E-state index contributed by atoms with van der Waals surface area (Å²) < 4.78 is 0. The number of para-hydroxylation sites is 1. The van der Waals surface area contributed by atoms with Gasteiger partial charge in [0.05, 0.1) is 6.61 Å². The summed E-state index contributed by atoms with van der Waals surface area (Å²) in [5.41, 5.74) is 2.41. The fraction of sp³-hybridized carbons (Fsp3) is 0.429. The van der Waals surface area contributed by atoms with Crippen molar-refractivity contribution in [1.29, 1.82) is 0 Å². The quantitative estimate of drug-likeness (QED) is 0.739. The van der Waals surface area contributed by atoms with Gasteiger partial charge in [-0.1, -0.05) is 32.0 Å². The van der Waals surface area contributed by atoms with Gasteiger partial charge in [0.15, 0.2) is 0 Å². The summed E-state index contributed by atoms with van der Waals surface area (Å²) in [6, 6.07) is 8.77. The van der Waals surface area contributed by atoms with Gasteiger partial charge in [0.1, 0.15) is 0 Å². The lowest BCUT2D eigenvalue weighted by atomic mass is 10.0. The molecule has 92 valence electrons. The van der Waals surface area contributed by atoms with Crippen LogP contribution in [0.1, 0.15) is 19.4 Å². The first-order valence-corrected chi connectivity index (χ1v) is 6.12. The maximum Gasteiger partial charge on any atom is 0.0587 e. The monoisotopic (exact) mass is 232 g/mol. The number of nitrogens with one attached hydrogen (secondary N) is 2. The van der Waals surface area contributed by atoms with Crippen molar-refractivity contribution in [3.05, 3.63) is 36.0 Å². The summed E-state index contributed by atoms with van der Waals surface area (Å²) in [7, 11) is 0. The van der Waals surface area contributed by atoms with E-state index in [0.717, 1.165) is 11.9 Å². The molecule has 3 N–H and O–H groups in total. The van der Waals surface area contributed by atoms with Crippen LogP contribution >= 0.6 is 0 Å². The molecule has 0 fully saturated rings. The molecule has 2 aromatic rings. The van der Waals surface area contributed by atoms with Crippen molar-refractivity contribution < 1.29 is 5.11 Å². The highest BCUT2D eigenvalue weighted by Crippen LogP contribution is 2.19. The molecule has 0 aliphatic carbocycles. The zero-order chi connectivity index (χ0) is 12.3. The molecule has 0 spiro atoms. The zero-order valence-electron chi connectivity index (χ0n) is 10.4. The van der Waals surface area contributed by atoms with Crippen LogP contribution in [0, 0.1) is 0 Å². The Hall–Kier alpha value is -1.32. The predicted molar refractivity (Wildman–Crippen MR) is 71.1 cm³/mol. The van der Waals surface area contributed by atoms with E-state index in [4.69, 9.17) is 0 Å². The van der Waals surface area contributed by atoms with Crippen LogP contribution in [0.25, 0.3) is 10.9 Å². The zero-order valence-corrected chi connectivity index (χ0v) is 10.4. The Kier molecular flexibility index (Phi) is 3.82. The number of hydrogen-bond donors (Lipinski definition) is 3. The van der Waals surface area contributed by atoms with Gasteiger partial charge in [-0.2, -0.15) is 0 Å². The maximum absolute atomic E-state index is 9.37. The molecule has 0 aliphatic rings. The minimum Gasteiger partial charge on any atom is -0.395 e. The number of benzene rings is 1. The summed E-state index contributed by atoms with van der Waals surface area (Å²) in [6.07, 6.45) is 2.88.